The fraction of sp³-hybridized carbons (Fsp3) is 0.286. The molecule has 0 saturated heterocycles. The Labute approximate surface area is 79.3 Å². The number of aromatic nitrogens is 4. The Bertz CT molecular complexity index is 370. The minimum atomic E-state index is 0.447. The predicted octanol–water partition coefficient (Wildman–Crippen LogP) is 0.851. The highest BCUT2D eigenvalue weighted by Gasteiger charge is 1.99. The van der Waals surface area contributed by atoms with Crippen molar-refractivity contribution in [2.75, 3.05) is 0 Å². The molecule has 13 heavy (non-hydrogen) atoms. The molecule has 0 amide bonds. The van der Waals surface area contributed by atoms with Crippen LogP contribution in [0.1, 0.15) is 5.69 Å². The number of hydrogen-bond donors (Lipinski definition) is 0. The van der Waals surface area contributed by atoms with Crippen LogP contribution in [-0.2, 0) is 13.7 Å². The largest absolute Gasteiger partial charge is 0.484 e. The van der Waals surface area contributed by atoms with Gasteiger partial charge in [0.1, 0.15) is 12.3 Å². The van der Waals surface area contributed by atoms with Crippen LogP contribution in [0.2, 0.25) is 0 Å². The summed E-state index contributed by atoms with van der Waals surface area (Å²) in [4.78, 5) is 0. The molecule has 2 rings (SSSR count). The van der Waals surface area contributed by atoms with E-state index in [1.54, 1.807) is 23.3 Å². The van der Waals surface area contributed by atoms with Crippen LogP contribution in [0.4, 0.5) is 0 Å². The molecule has 0 bridgehead atoms. The third kappa shape index (κ3) is 2.03. The van der Waals surface area contributed by atoms with Gasteiger partial charge in [0.2, 0.25) is 0 Å². The molecule has 2 heterocycles. The average molecular weight is 196 g/mol. The molecule has 68 valence electrons. The normalized spacial score (nSPS) is 10.2. The maximum Gasteiger partial charge on any atom is 0.157 e. The van der Waals surface area contributed by atoms with Crippen molar-refractivity contribution < 1.29 is 4.74 Å². The van der Waals surface area contributed by atoms with Crippen LogP contribution in [0.15, 0.2) is 18.6 Å². The Balaban J connectivity index is 1.93. The Morgan fingerprint density at radius 1 is 1.54 bits per heavy atom. The van der Waals surface area contributed by atoms with Crippen LogP contribution >= 0.6 is 11.7 Å². The summed E-state index contributed by atoms with van der Waals surface area (Å²) in [6.45, 7) is 0.447. The summed E-state index contributed by atoms with van der Waals surface area (Å²) in [5, 5.41) is 3.97. The van der Waals surface area contributed by atoms with Gasteiger partial charge in [-0.3, -0.25) is 4.68 Å². The number of nitrogens with zero attached hydrogens (tertiary/aromatic N) is 4. The quantitative estimate of drug-likeness (QED) is 0.730. The molecule has 0 aliphatic heterocycles. The molecule has 0 aromatic carbocycles. The molecule has 0 atom stereocenters. The molecule has 0 N–H and O–H groups in total. The first-order valence-corrected chi connectivity index (χ1v) is 4.45. The summed E-state index contributed by atoms with van der Waals surface area (Å²) in [5.41, 5.74) is 0.842. The van der Waals surface area contributed by atoms with E-state index < -0.39 is 0 Å². The van der Waals surface area contributed by atoms with E-state index in [9.17, 15) is 0 Å². The van der Waals surface area contributed by atoms with E-state index >= 15 is 0 Å². The lowest BCUT2D eigenvalue weighted by atomic mass is 10.5. The summed E-state index contributed by atoms with van der Waals surface area (Å²) in [5.74, 6) is 0.746. The summed E-state index contributed by atoms with van der Waals surface area (Å²) < 4.78 is 15.0. The fourth-order valence-electron chi connectivity index (χ4n) is 0.878. The summed E-state index contributed by atoms with van der Waals surface area (Å²) in [7, 11) is 1.84. The molecule has 2 aromatic heterocycles. The maximum atomic E-state index is 5.39. The second kappa shape index (κ2) is 3.53. The van der Waals surface area contributed by atoms with Crippen LogP contribution in [0.3, 0.4) is 0 Å². The van der Waals surface area contributed by atoms with E-state index in [2.05, 4.69) is 13.8 Å². The third-order valence-corrected chi connectivity index (χ3v) is 1.99. The van der Waals surface area contributed by atoms with Gasteiger partial charge in [0, 0.05) is 7.05 Å². The summed E-state index contributed by atoms with van der Waals surface area (Å²) in [6, 6.07) is 0. The zero-order chi connectivity index (χ0) is 9.10. The highest BCUT2D eigenvalue weighted by Crippen LogP contribution is 2.09. The number of hydrogen-bond acceptors (Lipinski definition) is 5. The molecule has 6 heteroatoms. The van der Waals surface area contributed by atoms with Crippen molar-refractivity contribution in [2.45, 2.75) is 6.61 Å². The van der Waals surface area contributed by atoms with Crippen molar-refractivity contribution in [1.29, 1.82) is 0 Å². The Kier molecular flexibility index (Phi) is 2.22. The molecule has 0 spiro atoms. The van der Waals surface area contributed by atoms with Gasteiger partial charge in [-0.2, -0.15) is 13.8 Å². The molecular weight excluding hydrogens is 188 g/mol. The lowest BCUT2D eigenvalue weighted by Crippen LogP contribution is -1.94. The van der Waals surface area contributed by atoms with E-state index in [1.807, 2.05) is 7.05 Å². The molecule has 0 unspecified atom stereocenters. The van der Waals surface area contributed by atoms with Gasteiger partial charge in [-0.05, 0) is 0 Å². The van der Waals surface area contributed by atoms with E-state index in [0.29, 0.717) is 6.61 Å². The highest BCUT2D eigenvalue weighted by molar-refractivity contribution is 6.99. The maximum absolute atomic E-state index is 5.39. The van der Waals surface area contributed by atoms with Crippen molar-refractivity contribution >= 4 is 11.7 Å². The Morgan fingerprint density at radius 3 is 3.08 bits per heavy atom. The molecule has 0 radical (unpaired) electrons. The predicted molar refractivity (Wildman–Crippen MR) is 47.4 cm³/mol. The van der Waals surface area contributed by atoms with Gasteiger partial charge in [0.25, 0.3) is 0 Å². The number of rotatable bonds is 3. The SMILES string of the molecule is Cn1cc(OCc2cnsn2)cn1. The third-order valence-electron chi connectivity index (χ3n) is 1.47. The standard InChI is InChI=1S/C7H8N4OS/c1-11-4-7(3-8-11)12-5-6-2-9-13-10-6/h2-4H,5H2,1H3. The van der Waals surface area contributed by atoms with Crippen LogP contribution in [0.25, 0.3) is 0 Å². The smallest absolute Gasteiger partial charge is 0.157 e. The zero-order valence-electron chi connectivity index (χ0n) is 7.04. The number of ether oxygens (including phenoxy) is 1. The first-order chi connectivity index (χ1) is 6.34. The minimum absolute atomic E-state index is 0.447. The monoisotopic (exact) mass is 196 g/mol. The first-order valence-electron chi connectivity index (χ1n) is 3.72. The number of aryl methyl sites for hydroxylation is 1. The molecule has 2 aromatic rings. The van der Waals surface area contributed by atoms with Gasteiger partial charge in [-0.15, -0.1) is 0 Å². The molecule has 5 nitrogen and oxygen atoms in total. The second-order valence-corrected chi connectivity index (χ2v) is 3.09. The van der Waals surface area contributed by atoms with E-state index in [4.69, 9.17) is 4.74 Å². The van der Waals surface area contributed by atoms with E-state index in [-0.39, 0.29) is 0 Å². The Hall–Kier alpha value is -1.43. The Morgan fingerprint density at radius 2 is 2.46 bits per heavy atom. The lowest BCUT2D eigenvalue weighted by Gasteiger charge is -1.97. The van der Waals surface area contributed by atoms with Crippen molar-refractivity contribution in [2.24, 2.45) is 7.05 Å². The van der Waals surface area contributed by atoms with Crippen molar-refractivity contribution in [3.05, 3.63) is 24.3 Å². The van der Waals surface area contributed by atoms with Gasteiger partial charge < -0.3 is 4.74 Å². The van der Waals surface area contributed by atoms with Crippen molar-refractivity contribution in [1.82, 2.24) is 18.5 Å². The van der Waals surface area contributed by atoms with Gasteiger partial charge >= 0.3 is 0 Å². The molecule has 0 aliphatic carbocycles. The van der Waals surface area contributed by atoms with Crippen LogP contribution in [0, 0.1) is 0 Å². The van der Waals surface area contributed by atoms with Crippen molar-refractivity contribution in [3.63, 3.8) is 0 Å². The van der Waals surface area contributed by atoms with Gasteiger partial charge in [-0.25, -0.2) is 0 Å². The van der Waals surface area contributed by atoms with Crippen LogP contribution in [-0.4, -0.2) is 18.5 Å². The van der Waals surface area contributed by atoms with Crippen molar-refractivity contribution in [3.8, 4) is 5.75 Å². The van der Waals surface area contributed by atoms with E-state index in [0.717, 1.165) is 11.4 Å². The lowest BCUT2D eigenvalue weighted by molar-refractivity contribution is 0.302. The molecular formula is C7H8N4OS. The second-order valence-electron chi connectivity index (χ2n) is 2.54. The fourth-order valence-corrected chi connectivity index (χ4v) is 1.30. The first kappa shape index (κ1) is 8.18. The topological polar surface area (TPSA) is 52.8 Å². The van der Waals surface area contributed by atoms with Crippen LogP contribution < -0.4 is 4.74 Å². The summed E-state index contributed by atoms with van der Waals surface area (Å²) in [6.07, 6.45) is 5.17. The highest BCUT2D eigenvalue weighted by atomic mass is 32.1. The van der Waals surface area contributed by atoms with Gasteiger partial charge in [0.15, 0.2) is 5.75 Å². The molecule has 0 saturated carbocycles. The molecule has 0 aliphatic rings. The molecule has 0 fully saturated rings. The average Bonchev–Trinajstić information content (AvgIpc) is 2.71. The van der Waals surface area contributed by atoms with Gasteiger partial charge in [0.05, 0.1) is 30.3 Å². The van der Waals surface area contributed by atoms with Crippen LogP contribution in [0.5, 0.6) is 5.75 Å². The summed E-state index contributed by atoms with van der Waals surface area (Å²) >= 11 is 1.18. The van der Waals surface area contributed by atoms with E-state index in [1.165, 1.54) is 11.7 Å². The zero-order valence-corrected chi connectivity index (χ0v) is 7.86. The minimum Gasteiger partial charge on any atom is -0.484 e. The van der Waals surface area contributed by atoms with Gasteiger partial charge in [-0.1, -0.05) is 0 Å².